The van der Waals surface area contributed by atoms with Crippen molar-refractivity contribution in [3.63, 3.8) is 0 Å². The van der Waals surface area contributed by atoms with Gasteiger partial charge in [-0.25, -0.2) is 4.98 Å². The van der Waals surface area contributed by atoms with Gasteiger partial charge in [0.05, 0.1) is 0 Å². The van der Waals surface area contributed by atoms with Crippen molar-refractivity contribution in [1.29, 1.82) is 0 Å². The molecule has 1 aromatic rings. The van der Waals surface area contributed by atoms with Gasteiger partial charge in [0.1, 0.15) is 0 Å². The first-order valence-electron chi connectivity index (χ1n) is 4.86. The van der Waals surface area contributed by atoms with Crippen molar-refractivity contribution in [1.82, 2.24) is 10.3 Å². The molecule has 0 saturated carbocycles. The highest BCUT2D eigenvalue weighted by atomic mass is 16.3. The van der Waals surface area contributed by atoms with Crippen LogP contribution in [0.2, 0.25) is 0 Å². The Labute approximate surface area is 83.6 Å². The SMILES string of the molecule is CN(c1ncccc1O)[C@H]1CCNC1. The van der Waals surface area contributed by atoms with E-state index in [0.29, 0.717) is 11.9 Å². The summed E-state index contributed by atoms with van der Waals surface area (Å²) in [7, 11) is 1.97. The normalized spacial score (nSPS) is 21.1. The Kier molecular flexibility index (Phi) is 2.54. The maximum absolute atomic E-state index is 9.62. The quantitative estimate of drug-likeness (QED) is 0.721. The number of anilines is 1. The Bertz CT molecular complexity index is 310. The predicted molar refractivity (Wildman–Crippen MR) is 55.6 cm³/mol. The summed E-state index contributed by atoms with van der Waals surface area (Å²) in [6.07, 6.45) is 2.81. The molecule has 0 aromatic carbocycles. The number of pyridine rings is 1. The standard InChI is InChI=1S/C10H15N3O/c1-13(8-4-6-11-7-8)10-9(14)3-2-5-12-10/h2-3,5,8,11,14H,4,6-7H2,1H3/t8-/m0/s1. The molecule has 2 rings (SSSR count). The lowest BCUT2D eigenvalue weighted by molar-refractivity contribution is 0.469. The molecule has 2 heterocycles. The molecular weight excluding hydrogens is 178 g/mol. The highest BCUT2D eigenvalue weighted by molar-refractivity contribution is 5.51. The van der Waals surface area contributed by atoms with Crippen LogP contribution in [0.3, 0.4) is 0 Å². The van der Waals surface area contributed by atoms with Crippen LogP contribution in [-0.2, 0) is 0 Å². The summed E-state index contributed by atoms with van der Waals surface area (Å²) in [5.74, 6) is 0.920. The Morgan fingerprint density at radius 2 is 2.50 bits per heavy atom. The third kappa shape index (κ3) is 1.65. The fourth-order valence-electron chi connectivity index (χ4n) is 1.80. The van der Waals surface area contributed by atoms with Gasteiger partial charge in [0.15, 0.2) is 11.6 Å². The van der Waals surface area contributed by atoms with E-state index in [-0.39, 0.29) is 5.75 Å². The monoisotopic (exact) mass is 193 g/mol. The van der Waals surface area contributed by atoms with Crippen molar-refractivity contribution in [2.24, 2.45) is 0 Å². The average Bonchev–Trinajstić information content (AvgIpc) is 2.70. The molecule has 0 bridgehead atoms. The van der Waals surface area contributed by atoms with Gasteiger partial charge in [-0.3, -0.25) is 0 Å². The summed E-state index contributed by atoms with van der Waals surface area (Å²) in [5.41, 5.74) is 0. The van der Waals surface area contributed by atoms with Gasteiger partial charge in [0.25, 0.3) is 0 Å². The molecule has 1 aliphatic heterocycles. The van der Waals surface area contributed by atoms with Gasteiger partial charge in [-0.05, 0) is 25.1 Å². The molecule has 1 saturated heterocycles. The maximum atomic E-state index is 9.62. The van der Waals surface area contributed by atoms with E-state index in [1.54, 1.807) is 18.3 Å². The Balaban J connectivity index is 2.17. The number of aromatic nitrogens is 1. The van der Waals surface area contributed by atoms with Crippen molar-refractivity contribution < 1.29 is 5.11 Å². The van der Waals surface area contributed by atoms with E-state index >= 15 is 0 Å². The lowest BCUT2D eigenvalue weighted by Gasteiger charge is -2.25. The lowest BCUT2D eigenvalue weighted by Crippen LogP contribution is -2.33. The summed E-state index contributed by atoms with van der Waals surface area (Å²) in [6.45, 7) is 2.01. The highest BCUT2D eigenvalue weighted by Crippen LogP contribution is 2.25. The van der Waals surface area contributed by atoms with Gasteiger partial charge in [0, 0.05) is 25.8 Å². The smallest absolute Gasteiger partial charge is 0.171 e. The first-order valence-corrected chi connectivity index (χ1v) is 4.86. The molecule has 1 aromatic heterocycles. The van der Waals surface area contributed by atoms with Crippen LogP contribution in [0.5, 0.6) is 5.75 Å². The van der Waals surface area contributed by atoms with Crippen LogP contribution in [0, 0.1) is 0 Å². The van der Waals surface area contributed by atoms with E-state index in [2.05, 4.69) is 10.3 Å². The summed E-state index contributed by atoms with van der Waals surface area (Å²) in [6, 6.07) is 3.84. The Hall–Kier alpha value is -1.29. The number of nitrogens with zero attached hydrogens (tertiary/aromatic N) is 2. The minimum absolute atomic E-state index is 0.252. The topological polar surface area (TPSA) is 48.4 Å². The maximum Gasteiger partial charge on any atom is 0.171 e. The molecule has 4 heteroatoms. The zero-order valence-electron chi connectivity index (χ0n) is 8.27. The van der Waals surface area contributed by atoms with E-state index in [9.17, 15) is 5.11 Å². The van der Waals surface area contributed by atoms with Crippen molar-refractivity contribution >= 4 is 5.82 Å². The molecule has 0 radical (unpaired) electrons. The highest BCUT2D eigenvalue weighted by Gasteiger charge is 2.21. The van der Waals surface area contributed by atoms with Gasteiger partial charge in [0.2, 0.25) is 0 Å². The van der Waals surface area contributed by atoms with Crippen LogP contribution in [-0.4, -0.2) is 36.3 Å². The lowest BCUT2D eigenvalue weighted by atomic mass is 10.2. The molecular formula is C10H15N3O. The van der Waals surface area contributed by atoms with Crippen LogP contribution in [0.1, 0.15) is 6.42 Å². The molecule has 1 aliphatic rings. The molecule has 76 valence electrons. The minimum Gasteiger partial charge on any atom is -0.504 e. The number of nitrogens with one attached hydrogen (secondary N) is 1. The van der Waals surface area contributed by atoms with Gasteiger partial charge in [-0.1, -0.05) is 0 Å². The number of likely N-dealkylation sites (N-methyl/N-ethyl adjacent to an activating group) is 1. The van der Waals surface area contributed by atoms with Gasteiger partial charge < -0.3 is 15.3 Å². The van der Waals surface area contributed by atoms with E-state index < -0.39 is 0 Å². The largest absolute Gasteiger partial charge is 0.504 e. The average molecular weight is 193 g/mol. The van der Waals surface area contributed by atoms with Crippen molar-refractivity contribution in [3.8, 4) is 5.75 Å². The molecule has 0 aliphatic carbocycles. The van der Waals surface area contributed by atoms with Crippen molar-refractivity contribution in [2.75, 3.05) is 25.0 Å². The van der Waals surface area contributed by atoms with Crippen LogP contribution < -0.4 is 10.2 Å². The van der Waals surface area contributed by atoms with Gasteiger partial charge in [-0.15, -0.1) is 0 Å². The van der Waals surface area contributed by atoms with E-state index in [0.717, 1.165) is 19.5 Å². The second-order valence-corrected chi connectivity index (χ2v) is 3.60. The first kappa shape index (κ1) is 9.27. The first-order chi connectivity index (χ1) is 6.79. The predicted octanol–water partition coefficient (Wildman–Crippen LogP) is 0.585. The summed E-state index contributed by atoms with van der Waals surface area (Å²) >= 11 is 0. The number of rotatable bonds is 2. The summed E-state index contributed by atoms with van der Waals surface area (Å²) < 4.78 is 0. The molecule has 0 spiro atoms. The Morgan fingerprint density at radius 3 is 3.14 bits per heavy atom. The molecule has 2 N–H and O–H groups in total. The van der Waals surface area contributed by atoms with E-state index in [1.165, 1.54) is 0 Å². The zero-order valence-corrected chi connectivity index (χ0v) is 8.27. The Morgan fingerprint density at radius 1 is 1.64 bits per heavy atom. The minimum atomic E-state index is 0.252. The molecule has 1 fully saturated rings. The molecule has 14 heavy (non-hydrogen) atoms. The molecule has 1 atom stereocenters. The molecule has 0 amide bonds. The third-order valence-electron chi connectivity index (χ3n) is 2.68. The van der Waals surface area contributed by atoms with Crippen molar-refractivity contribution in [3.05, 3.63) is 18.3 Å². The van der Waals surface area contributed by atoms with Gasteiger partial charge in [-0.2, -0.15) is 0 Å². The van der Waals surface area contributed by atoms with Crippen molar-refractivity contribution in [2.45, 2.75) is 12.5 Å². The number of aromatic hydroxyl groups is 1. The van der Waals surface area contributed by atoms with Crippen LogP contribution >= 0.6 is 0 Å². The summed E-state index contributed by atoms with van der Waals surface area (Å²) in [5, 5.41) is 12.9. The van der Waals surface area contributed by atoms with E-state index in [4.69, 9.17) is 0 Å². The van der Waals surface area contributed by atoms with Crippen LogP contribution in [0.15, 0.2) is 18.3 Å². The fraction of sp³-hybridized carbons (Fsp3) is 0.500. The molecule has 4 nitrogen and oxygen atoms in total. The van der Waals surface area contributed by atoms with Gasteiger partial charge >= 0.3 is 0 Å². The number of hydrogen-bond donors (Lipinski definition) is 2. The third-order valence-corrected chi connectivity index (χ3v) is 2.68. The second-order valence-electron chi connectivity index (χ2n) is 3.60. The summed E-state index contributed by atoms with van der Waals surface area (Å²) in [4.78, 5) is 6.21. The van der Waals surface area contributed by atoms with Crippen LogP contribution in [0.25, 0.3) is 0 Å². The molecule has 0 unspecified atom stereocenters. The second kappa shape index (κ2) is 3.84. The van der Waals surface area contributed by atoms with E-state index in [1.807, 2.05) is 11.9 Å². The fourth-order valence-corrected chi connectivity index (χ4v) is 1.80. The van der Waals surface area contributed by atoms with Crippen LogP contribution in [0.4, 0.5) is 5.82 Å². The number of hydrogen-bond acceptors (Lipinski definition) is 4. The zero-order chi connectivity index (χ0) is 9.97.